The number of ether oxygens (including phenoxy) is 1. The van der Waals surface area contributed by atoms with Gasteiger partial charge in [0, 0.05) is 17.9 Å². The van der Waals surface area contributed by atoms with Gasteiger partial charge in [-0.2, -0.15) is 0 Å². The lowest BCUT2D eigenvalue weighted by molar-refractivity contribution is -0.133. The van der Waals surface area contributed by atoms with E-state index >= 15 is 0 Å². The van der Waals surface area contributed by atoms with Crippen LogP contribution in [0.25, 0.3) is 0 Å². The second kappa shape index (κ2) is 10.5. The van der Waals surface area contributed by atoms with Crippen LogP contribution in [0.2, 0.25) is 0 Å². The molecule has 0 aliphatic rings. The molecule has 0 radical (unpaired) electrons. The summed E-state index contributed by atoms with van der Waals surface area (Å²) in [5.74, 6) is 0.623. The number of para-hydroxylation sites is 1. The van der Waals surface area contributed by atoms with E-state index in [9.17, 15) is 9.59 Å². The number of carbonyl (C=O) groups excluding carboxylic acids is 1. The van der Waals surface area contributed by atoms with E-state index in [1.807, 2.05) is 55.5 Å². The molecule has 0 aliphatic heterocycles. The number of carboxylic acid groups (broad SMARTS) is 1. The van der Waals surface area contributed by atoms with Crippen LogP contribution >= 0.6 is 11.8 Å². The minimum atomic E-state index is -0.827. The van der Waals surface area contributed by atoms with Gasteiger partial charge in [0.2, 0.25) is 5.91 Å². The molecule has 0 heterocycles. The highest BCUT2D eigenvalue weighted by atomic mass is 32.2. The molecule has 0 saturated heterocycles. The van der Waals surface area contributed by atoms with E-state index in [4.69, 9.17) is 9.84 Å². The molecule has 26 heavy (non-hydrogen) atoms. The van der Waals surface area contributed by atoms with Crippen LogP contribution in [-0.2, 0) is 15.3 Å². The number of benzene rings is 2. The quantitative estimate of drug-likeness (QED) is 0.613. The Kier molecular flexibility index (Phi) is 8.02. The molecular formula is C20H23NO4S. The Morgan fingerprint density at radius 2 is 1.96 bits per heavy atom. The zero-order valence-electron chi connectivity index (χ0n) is 14.7. The van der Waals surface area contributed by atoms with E-state index in [1.54, 1.807) is 0 Å². The third-order valence-corrected chi connectivity index (χ3v) is 4.59. The Morgan fingerprint density at radius 3 is 2.73 bits per heavy atom. The zero-order chi connectivity index (χ0) is 18.8. The van der Waals surface area contributed by atoms with Crippen LogP contribution < -0.4 is 10.1 Å². The van der Waals surface area contributed by atoms with E-state index < -0.39 is 5.97 Å². The smallest absolute Gasteiger partial charge is 0.313 e. The summed E-state index contributed by atoms with van der Waals surface area (Å²) in [5, 5.41) is 11.5. The van der Waals surface area contributed by atoms with Crippen LogP contribution in [0.1, 0.15) is 24.0 Å². The van der Waals surface area contributed by atoms with Crippen molar-refractivity contribution in [1.29, 1.82) is 0 Å². The summed E-state index contributed by atoms with van der Waals surface area (Å²) in [4.78, 5) is 22.6. The Balaban J connectivity index is 1.72. The Bertz CT molecular complexity index is 748. The van der Waals surface area contributed by atoms with E-state index in [2.05, 4.69) is 5.32 Å². The maximum atomic E-state index is 12.1. The molecule has 2 aromatic carbocycles. The fourth-order valence-electron chi connectivity index (χ4n) is 2.35. The van der Waals surface area contributed by atoms with E-state index in [0.717, 1.165) is 22.6 Å². The molecule has 2 rings (SSSR count). The van der Waals surface area contributed by atoms with Crippen molar-refractivity contribution in [2.24, 2.45) is 0 Å². The second-order valence-corrected chi connectivity index (χ2v) is 6.84. The normalized spacial score (nSPS) is 10.3. The summed E-state index contributed by atoms with van der Waals surface area (Å²) in [6, 6.07) is 15.3. The molecule has 2 aromatic rings. The van der Waals surface area contributed by atoms with Gasteiger partial charge in [-0.05, 0) is 42.7 Å². The molecule has 2 N–H and O–H groups in total. The molecule has 0 bridgehead atoms. The molecule has 138 valence electrons. The molecule has 0 saturated carbocycles. The predicted molar refractivity (Wildman–Crippen MR) is 105 cm³/mol. The van der Waals surface area contributed by atoms with Gasteiger partial charge in [0.05, 0.1) is 12.4 Å². The van der Waals surface area contributed by atoms with Crippen molar-refractivity contribution in [3.05, 3.63) is 59.7 Å². The maximum absolute atomic E-state index is 12.1. The lowest BCUT2D eigenvalue weighted by Crippen LogP contribution is -2.13. The van der Waals surface area contributed by atoms with Crippen molar-refractivity contribution in [3.8, 4) is 5.75 Å². The fraction of sp³-hybridized carbons (Fsp3) is 0.300. The molecule has 0 spiro atoms. The lowest BCUT2D eigenvalue weighted by atomic mass is 10.2. The average molecular weight is 373 g/mol. The third-order valence-electron chi connectivity index (χ3n) is 3.60. The largest absolute Gasteiger partial charge is 0.493 e. The summed E-state index contributed by atoms with van der Waals surface area (Å²) in [5.41, 5.74) is 2.79. The van der Waals surface area contributed by atoms with Crippen LogP contribution in [0, 0.1) is 6.92 Å². The van der Waals surface area contributed by atoms with E-state index in [1.165, 1.54) is 11.8 Å². The SMILES string of the molecule is Cc1ccccc1OCCCC(=O)Nc1cccc(CSCC(=O)O)c1. The first-order valence-electron chi connectivity index (χ1n) is 8.41. The molecule has 0 fully saturated rings. The standard InChI is InChI=1S/C20H23NO4S/c1-15-6-2-3-9-18(15)25-11-5-10-19(22)21-17-8-4-7-16(12-17)13-26-14-20(23)24/h2-4,6-9,12H,5,10-11,13-14H2,1H3,(H,21,22)(H,23,24). The van der Waals surface area contributed by atoms with Crippen molar-refractivity contribution in [2.75, 3.05) is 17.7 Å². The highest BCUT2D eigenvalue weighted by Gasteiger charge is 2.05. The number of carboxylic acids is 1. The van der Waals surface area contributed by atoms with E-state index in [-0.39, 0.29) is 11.7 Å². The average Bonchev–Trinajstić information content (AvgIpc) is 2.60. The predicted octanol–water partition coefficient (Wildman–Crippen LogP) is 4.11. The minimum Gasteiger partial charge on any atom is -0.493 e. The fourth-order valence-corrected chi connectivity index (χ4v) is 3.04. The summed E-state index contributed by atoms with van der Waals surface area (Å²) in [6.07, 6.45) is 1.01. The molecule has 5 nitrogen and oxygen atoms in total. The number of rotatable bonds is 10. The lowest BCUT2D eigenvalue weighted by Gasteiger charge is -2.09. The number of hydrogen-bond donors (Lipinski definition) is 2. The third kappa shape index (κ3) is 7.19. The number of nitrogens with one attached hydrogen (secondary N) is 1. The molecular weight excluding hydrogens is 350 g/mol. The van der Waals surface area contributed by atoms with Crippen molar-refractivity contribution >= 4 is 29.3 Å². The molecule has 0 atom stereocenters. The van der Waals surface area contributed by atoms with Crippen molar-refractivity contribution in [2.45, 2.75) is 25.5 Å². The number of carbonyl (C=O) groups is 2. The number of anilines is 1. The first-order chi connectivity index (χ1) is 12.5. The van der Waals surface area contributed by atoms with Gasteiger partial charge in [-0.15, -0.1) is 11.8 Å². The molecule has 0 unspecified atom stereocenters. The van der Waals surface area contributed by atoms with Crippen LogP contribution in [0.5, 0.6) is 5.75 Å². The van der Waals surface area contributed by atoms with Crippen LogP contribution in [0.15, 0.2) is 48.5 Å². The van der Waals surface area contributed by atoms with Gasteiger partial charge >= 0.3 is 5.97 Å². The van der Waals surface area contributed by atoms with Crippen LogP contribution in [0.3, 0.4) is 0 Å². The number of aryl methyl sites for hydroxylation is 1. The van der Waals surface area contributed by atoms with Crippen LogP contribution in [0.4, 0.5) is 5.69 Å². The number of hydrogen-bond acceptors (Lipinski definition) is 4. The molecule has 0 aromatic heterocycles. The van der Waals surface area contributed by atoms with Crippen molar-refractivity contribution in [3.63, 3.8) is 0 Å². The van der Waals surface area contributed by atoms with Gasteiger partial charge in [0.1, 0.15) is 5.75 Å². The summed E-state index contributed by atoms with van der Waals surface area (Å²) in [6.45, 7) is 2.48. The summed E-state index contributed by atoms with van der Waals surface area (Å²) >= 11 is 1.33. The first-order valence-corrected chi connectivity index (χ1v) is 9.57. The van der Waals surface area contributed by atoms with Crippen LogP contribution in [-0.4, -0.2) is 29.3 Å². The minimum absolute atomic E-state index is 0.0614. The monoisotopic (exact) mass is 373 g/mol. The number of aliphatic carboxylic acids is 1. The highest BCUT2D eigenvalue weighted by Crippen LogP contribution is 2.18. The van der Waals surface area contributed by atoms with Gasteiger partial charge in [-0.3, -0.25) is 9.59 Å². The van der Waals surface area contributed by atoms with Crippen molar-refractivity contribution < 1.29 is 19.4 Å². The summed E-state index contributed by atoms with van der Waals surface area (Å²) in [7, 11) is 0. The molecule has 6 heteroatoms. The molecule has 0 aliphatic carbocycles. The Labute approximate surface area is 157 Å². The second-order valence-electron chi connectivity index (χ2n) is 5.85. The topological polar surface area (TPSA) is 75.6 Å². The van der Waals surface area contributed by atoms with Gasteiger partial charge in [0.15, 0.2) is 0 Å². The summed E-state index contributed by atoms with van der Waals surface area (Å²) < 4.78 is 5.69. The van der Waals surface area contributed by atoms with Crippen molar-refractivity contribution in [1.82, 2.24) is 0 Å². The van der Waals surface area contributed by atoms with Gasteiger partial charge in [0.25, 0.3) is 0 Å². The zero-order valence-corrected chi connectivity index (χ0v) is 15.6. The van der Waals surface area contributed by atoms with E-state index in [0.29, 0.717) is 25.2 Å². The molecule has 1 amide bonds. The number of thioether (sulfide) groups is 1. The Hall–Kier alpha value is -2.47. The van der Waals surface area contributed by atoms with Gasteiger partial charge < -0.3 is 15.2 Å². The number of amides is 1. The van der Waals surface area contributed by atoms with Gasteiger partial charge in [-0.1, -0.05) is 30.3 Å². The van der Waals surface area contributed by atoms with Gasteiger partial charge in [-0.25, -0.2) is 0 Å². The maximum Gasteiger partial charge on any atom is 0.313 e. The first kappa shape index (κ1) is 19.8. The highest BCUT2D eigenvalue weighted by molar-refractivity contribution is 7.99. The Morgan fingerprint density at radius 1 is 1.15 bits per heavy atom.